The summed E-state index contributed by atoms with van der Waals surface area (Å²) in [6.07, 6.45) is 1.62. The first kappa shape index (κ1) is 16.0. The van der Waals surface area contributed by atoms with Crippen LogP contribution in [-0.2, 0) is 10.2 Å². The van der Waals surface area contributed by atoms with Gasteiger partial charge in [-0.1, -0.05) is 38.1 Å². The lowest BCUT2D eigenvalue weighted by Gasteiger charge is -2.28. The van der Waals surface area contributed by atoms with Gasteiger partial charge in [-0.3, -0.25) is 4.79 Å². The summed E-state index contributed by atoms with van der Waals surface area (Å²) in [5, 5.41) is 2.99. The summed E-state index contributed by atoms with van der Waals surface area (Å²) in [7, 11) is 0. The zero-order chi connectivity index (χ0) is 13.4. The van der Waals surface area contributed by atoms with Gasteiger partial charge in [-0.05, 0) is 30.9 Å². The van der Waals surface area contributed by atoms with Gasteiger partial charge in [0.15, 0.2) is 0 Å². The Kier molecular flexibility index (Phi) is 4.64. The highest BCUT2D eigenvalue weighted by Gasteiger charge is 2.46. The van der Waals surface area contributed by atoms with Gasteiger partial charge in [0.1, 0.15) is 0 Å². The molecule has 19 heavy (non-hydrogen) atoms. The normalized spacial score (nSPS) is 16.4. The number of nitrogens with one attached hydrogen (secondary N) is 1. The molecule has 0 aromatic heterocycles. The summed E-state index contributed by atoms with van der Waals surface area (Å²) < 4.78 is 0. The molecule has 3 N–H and O–H groups in total. The SMILES string of the molecule is Cc1ccccc1C(C)(C)CNC(=O)C1(N)CC1.Cl. The van der Waals surface area contributed by atoms with Crippen molar-refractivity contribution >= 4 is 18.3 Å². The van der Waals surface area contributed by atoms with E-state index in [1.807, 2.05) is 12.1 Å². The highest BCUT2D eigenvalue weighted by atomic mass is 35.5. The molecule has 1 aromatic rings. The summed E-state index contributed by atoms with van der Waals surface area (Å²) in [4.78, 5) is 11.9. The molecule has 2 rings (SSSR count). The molecule has 0 atom stereocenters. The zero-order valence-electron chi connectivity index (χ0n) is 11.8. The van der Waals surface area contributed by atoms with E-state index in [1.165, 1.54) is 11.1 Å². The molecule has 1 amide bonds. The Morgan fingerprint density at radius 1 is 1.37 bits per heavy atom. The number of nitrogens with two attached hydrogens (primary N) is 1. The van der Waals surface area contributed by atoms with Crippen LogP contribution in [0.3, 0.4) is 0 Å². The molecule has 1 aliphatic rings. The predicted octanol–water partition coefficient (Wildman–Crippen LogP) is 2.30. The lowest BCUT2D eigenvalue weighted by molar-refractivity contribution is -0.123. The number of rotatable bonds is 4. The molecular weight excluding hydrogens is 260 g/mol. The summed E-state index contributed by atoms with van der Waals surface area (Å²) in [6, 6.07) is 8.30. The van der Waals surface area contributed by atoms with Crippen molar-refractivity contribution < 1.29 is 4.79 Å². The molecule has 0 saturated heterocycles. The van der Waals surface area contributed by atoms with Crippen molar-refractivity contribution in [2.45, 2.75) is 44.6 Å². The van der Waals surface area contributed by atoms with Gasteiger partial charge in [-0.2, -0.15) is 0 Å². The van der Waals surface area contributed by atoms with Crippen molar-refractivity contribution in [2.75, 3.05) is 6.54 Å². The van der Waals surface area contributed by atoms with E-state index in [0.717, 1.165) is 12.8 Å². The molecule has 0 spiro atoms. The fourth-order valence-electron chi connectivity index (χ4n) is 2.27. The first-order valence-electron chi connectivity index (χ1n) is 6.48. The van der Waals surface area contributed by atoms with E-state index in [2.05, 4.69) is 38.2 Å². The van der Waals surface area contributed by atoms with Crippen LogP contribution < -0.4 is 11.1 Å². The van der Waals surface area contributed by atoms with Crippen LogP contribution in [0.25, 0.3) is 0 Å². The minimum absolute atomic E-state index is 0. The van der Waals surface area contributed by atoms with Crippen molar-refractivity contribution in [1.29, 1.82) is 0 Å². The van der Waals surface area contributed by atoms with Crippen molar-refractivity contribution in [3.8, 4) is 0 Å². The predicted molar refractivity (Wildman–Crippen MR) is 80.6 cm³/mol. The van der Waals surface area contributed by atoms with Crippen LogP contribution in [0.15, 0.2) is 24.3 Å². The number of carbonyl (C=O) groups excluding carboxylic acids is 1. The van der Waals surface area contributed by atoms with Crippen LogP contribution in [0.5, 0.6) is 0 Å². The van der Waals surface area contributed by atoms with E-state index in [9.17, 15) is 4.79 Å². The largest absolute Gasteiger partial charge is 0.354 e. The second kappa shape index (κ2) is 5.51. The number of halogens is 1. The molecule has 3 nitrogen and oxygen atoms in total. The van der Waals surface area contributed by atoms with Gasteiger partial charge in [-0.15, -0.1) is 12.4 Å². The maximum atomic E-state index is 11.9. The molecule has 1 fully saturated rings. The van der Waals surface area contributed by atoms with E-state index in [-0.39, 0.29) is 23.7 Å². The van der Waals surface area contributed by atoms with Gasteiger partial charge in [0, 0.05) is 12.0 Å². The second-order valence-corrected chi connectivity index (χ2v) is 6.04. The zero-order valence-corrected chi connectivity index (χ0v) is 12.6. The van der Waals surface area contributed by atoms with Crippen molar-refractivity contribution in [2.24, 2.45) is 5.73 Å². The Labute approximate surface area is 121 Å². The molecule has 0 radical (unpaired) electrons. The van der Waals surface area contributed by atoms with E-state index >= 15 is 0 Å². The molecule has 106 valence electrons. The average Bonchev–Trinajstić information content (AvgIpc) is 3.06. The quantitative estimate of drug-likeness (QED) is 0.890. The van der Waals surface area contributed by atoms with Gasteiger partial charge in [0.05, 0.1) is 5.54 Å². The molecule has 0 bridgehead atoms. The molecule has 0 unspecified atom stereocenters. The van der Waals surface area contributed by atoms with Gasteiger partial charge < -0.3 is 11.1 Å². The number of aryl methyl sites for hydroxylation is 1. The third-order valence-corrected chi connectivity index (χ3v) is 3.81. The van der Waals surface area contributed by atoms with E-state index in [4.69, 9.17) is 5.73 Å². The molecule has 1 saturated carbocycles. The van der Waals surface area contributed by atoms with Crippen molar-refractivity contribution in [1.82, 2.24) is 5.32 Å². The fourth-order valence-corrected chi connectivity index (χ4v) is 2.27. The second-order valence-electron chi connectivity index (χ2n) is 6.04. The smallest absolute Gasteiger partial charge is 0.240 e. The van der Waals surface area contributed by atoms with Crippen LogP contribution in [0, 0.1) is 6.92 Å². The first-order chi connectivity index (χ1) is 8.35. The van der Waals surface area contributed by atoms with Crippen molar-refractivity contribution in [3.63, 3.8) is 0 Å². The molecule has 0 aliphatic heterocycles. The number of benzene rings is 1. The highest BCUT2D eigenvalue weighted by molar-refractivity contribution is 5.89. The Hall–Kier alpha value is -1.06. The van der Waals surface area contributed by atoms with Crippen LogP contribution in [0.1, 0.15) is 37.8 Å². The number of hydrogen-bond acceptors (Lipinski definition) is 2. The minimum Gasteiger partial charge on any atom is -0.354 e. The third-order valence-electron chi connectivity index (χ3n) is 3.81. The molecule has 0 heterocycles. The Balaban J connectivity index is 0.00000180. The van der Waals surface area contributed by atoms with E-state index in [1.54, 1.807) is 0 Å². The van der Waals surface area contributed by atoms with E-state index in [0.29, 0.717) is 6.54 Å². The highest BCUT2D eigenvalue weighted by Crippen LogP contribution is 2.32. The average molecular weight is 283 g/mol. The number of hydrogen-bond donors (Lipinski definition) is 2. The summed E-state index contributed by atoms with van der Waals surface area (Å²) >= 11 is 0. The minimum atomic E-state index is -0.582. The summed E-state index contributed by atoms with van der Waals surface area (Å²) in [6.45, 7) is 7.01. The topological polar surface area (TPSA) is 55.1 Å². The molecular formula is C15H23ClN2O. The van der Waals surface area contributed by atoms with Gasteiger partial charge in [0.2, 0.25) is 5.91 Å². The lowest BCUT2D eigenvalue weighted by atomic mass is 9.82. The van der Waals surface area contributed by atoms with Gasteiger partial charge >= 0.3 is 0 Å². The van der Waals surface area contributed by atoms with Crippen LogP contribution >= 0.6 is 12.4 Å². The van der Waals surface area contributed by atoms with Crippen LogP contribution in [0.4, 0.5) is 0 Å². The standard InChI is InChI=1S/C15H22N2O.ClH/c1-11-6-4-5-7-12(11)14(2,3)10-17-13(18)15(16)8-9-15;/h4-7H,8-10,16H2,1-3H3,(H,17,18);1H. The fraction of sp³-hybridized carbons (Fsp3) is 0.533. The number of amides is 1. The van der Waals surface area contributed by atoms with Crippen LogP contribution in [-0.4, -0.2) is 18.0 Å². The number of carbonyl (C=O) groups is 1. The Morgan fingerprint density at radius 2 is 1.95 bits per heavy atom. The maximum absolute atomic E-state index is 11.9. The Bertz CT molecular complexity index is 467. The first-order valence-corrected chi connectivity index (χ1v) is 6.48. The molecule has 4 heteroatoms. The van der Waals surface area contributed by atoms with Crippen molar-refractivity contribution in [3.05, 3.63) is 35.4 Å². The summed E-state index contributed by atoms with van der Waals surface area (Å²) in [5.41, 5.74) is 7.74. The molecule has 1 aromatic carbocycles. The lowest BCUT2D eigenvalue weighted by Crippen LogP contribution is -2.46. The van der Waals surface area contributed by atoms with E-state index < -0.39 is 5.54 Å². The monoisotopic (exact) mass is 282 g/mol. The molecule has 1 aliphatic carbocycles. The van der Waals surface area contributed by atoms with Crippen LogP contribution in [0.2, 0.25) is 0 Å². The van der Waals surface area contributed by atoms with Gasteiger partial charge in [-0.25, -0.2) is 0 Å². The summed E-state index contributed by atoms with van der Waals surface area (Å²) in [5.74, 6) is -0.0100. The Morgan fingerprint density at radius 3 is 2.47 bits per heavy atom. The third kappa shape index (κ3) is 3.48. The maximum Gasteiger partial charge on any atom is 0.240 e. The van der Waals surface area contributed by atoms with Gasteiger partial charge in [0.25, 0.3) is 0 Å².